The van der Waals surface area contributed by atoms with E-state index in [-0.39, 0.29) is 48.8 Å². The Balaban J connectivity index is 0.637. The van der Waals surface area contributed by atoms with Crippen molar-refractivity contribution in [3.05, 3.63) is 142 Å². The van der Waals surface area contributed by atoms with Crippen molar-refractivity contribution in [3.63, 3.8) is 0 Å². The number of piperazine rings is 1. The molecule has 4 aliphatic rings. The maximum Gasteiger partial charge on any atom is 0.413 e. The van der Waals surface area contributed by atoms with Crippen LogP contribution < -0.4 is 15.7 Å². The second kappa shape index (κ2) is 24.1. The van der Waals surface area contributed by atoms with E-state index in [1.165, 1.54) is 16.2 Å². The normalized spacial score (nSPS) is 20.5. The number of benzene rings is 3. The molecule has 11 rings (SSSR count). The minimum atomic E-state index is -0.768. The van der Waals surface area contributed by atoms with Gasteiger partial charge in [0, 0.05) is 113 Å². The molecule has 8 heterocycles. The van der Waals surface area contributed by atoms with Gasteiger partial charge in [-0.2, -0.15) is 0 Å². The highest BCUT2D eigenvalue weighted by Gasteiger charge is 2.38. The predicted molar refractivity (Wildman–Crippen MR) is 326 cm³/mol. The molecule has 18 nitrogen and oxygen atoms in total. The zero-order valence-corrected chi connectivity index (χ0v) is 50.2. The molecule has 3 aromatic carbocycles. The highest BCUT2D eigenvalue weighted by Crippen LogP contribution is 2.37. The molecule has 84 heavy (non-hydrogen) atoms. The molecule has 4 aliphatic heterocycles. The molecule has 4 saturated heterocycles. The smallest absolute Gasteiger partial charge is 0.413 e. The molecule has 0 bridgehead atoms. The zero-order valence-electron chi connectivity index (χ0n) is 50.2. The third kappa shape index (κ3) is 12.2. The van der Waals surface area contributed by atoms with E-state index in [4.69, 9.17) is 14.5 Å². The van der Waals surface area contributed by atoms with Gasteiger partial charge in [0.1, 0.15) is 28.9 Å². The van der Waals surface area contributed by atoms with Crippen molar-refractivity contribution < 1.29 is 28.7 Å². The maximum absolute atomic E-state index is 14.0. The van der Waals surface area contributed by atoms with Gasteiger partial charge in [-0.15, -0.1) is 0 Å². The Hall–Kier alpha value is -7.67. The Morgan fingerprint density at radius 1 is 0.762 bits per heavy atom. The van der Waals surface area contributed by atoms with Gasteiger partial charge in [0.25, 0.3) is 11.8 Å². The molecule has 0 spiro atoms. The summed E-state index contributed by atoms with van der Waals surface area (Å²) in [5.74, 6) is 1.60. The lowest BCUT2D eigenvalue weighted by Crippen LogP contribution is -2.57. The Morgan fingerprint density at radius 2 is 1.46 bits per heavy atom. The van der Waals surface area contributed by atoms with E-state index in [1.54, 1.807) is 35.6 Å². The number of nitrogens with one attached hydrogen (secondary N) is 1. The van der Waals surface area contributed by atoms with Crippen LogP contribution >= 0.6 is 0 Å². The van der Waals surface area contributed by atoms with Gasteiger partial charge in [-0.05, 0) is 181 Å². The van der Waals surface area contributed by atoms with Crippen LogP contribution in [0.25, 0.3) is 33.2 Å². The molecular weight excluding hydrogens is 1060 g/mol. The summed E-state index contributed by atoms with van der Waals surface area (Å²) in [4.78, 5) is 87.5. The first-order valence-corrected chi connectivity index (χ1v) is 30.0. The summed E-state index contributed by atoms with van der Waals surface area (Å²) >= 11 is 0. The van der Waals surface area contributed by atoms with Crippen LogP contribution in [0, 0.1) is 5.92 Å². The first-order valence-electron chi connectivity index (χ1n) is 30.0. The fourth-order valence-electron chi connectivity index (χ4n) is 13.6. The molecule has 18 heteroatoms. The number of carbonyl (C=O) groups excluding carboxylic acids is 4. The number of amides is 4. The number of pyridine rings is 2. The van der Waals surface area contributed by atoms with Crippen molar-refractivity contribution in [2.75, 3.05) is 58.2 Å². The third-order valence-corrected chi connectivity index (χ3v) is 18.2. The van der Waals surface area contributed by atoms with E-state index >= 15 is 0 Å². The molecule has 0 aliphatic carbocycles. The van der Waals surface area contributed by atoms with Crippen LogP contribution in [0.2, 0.25) is 0 Å². The molecule has 442 valence electrons. The van der Waals surface area contributed by atoms with Crippen LogP contribution in [-0.4, -0.2) is 143 Å². The maximum atomic E-state index is 14.0. The number of aryl methyl sites for hydroxylation is 2. The number of methoxy groups -OCH3 is 1. The van der Waals surface area contributed by atoms with Crippen LogP contribution in [0.1, 0.15) is 131 Å². The molecule has 0 radical (unpaired) electrons. The Kier molecular flexibility index (Phi) is 16.7. The van der Waals surface area contributed by atoms with Gasteiger partial charge in [0.05, 0.1) is 24.7 Å². The second-order valence-electron chi connectivity index (χ2n) is 25.0. The summed E-state index contributed by atoms with van der Waals surface area (Å²) in [6, 6.07) is 30.0. The van der Waals surface area contributed by atoms with Crippen LogP contribution in [0.3, 0.4) is 0 Å². The molecule has 4 atom stereocenters. The summed E-state index contributed by atoms with van der Waals surface area (Å²) in [6.07, 6.45) is 7.59. The summed E-state index contributed by atoms with van der Waals surface area (Å²) in [7, 11) is 5.44. The largest absolute Gasteiger partial charge is 0.497 e. The van der Waals surface area contributed by atoms with Crippen molar-refractivity contribution in [3.8, 4) is 16.9 Å². The summed E-state index contributed by atoms with van der Waals surface area (Å²) in [5.41, 5.74) is 8.66. The lowest BCUT2D eigenvalue weighted by molar-refractivity contribution is -0.151. The number of fused-ring (bicyclic) bond motifs is 2. The number of piperidine rings is 3. The molecule has 4 aromatic heterocycles. The highest BCUT2D eigenvalue weighted by atomic mass is 16.6. The number of ether oxygens (including phenoxy) is 2. The lowest BCUT2D eigenvalue weighted by atomic mass is 9.88. The number of imide groups is 1. The molecular formula is C66H81N11O7. The minimum absolute atomic E-state index is 0.122. The fourth-order valence-corrected chi connectivity index (χ4v) is 13.6. The number of nitrogens with zero attached hydrogens (tertiary/aromatic N) is 10. The number of rotatable bonds is 14. The monoisotopic (exact) mass is 1140 g/mol. The van der Waals surface area contributed by atoms with Crippen LogP contribution in [0.15, 0.2) is 108 Å². The summed E-state index contributed by atoms with van der Waals surface area (Å²) in [6.45, 7) is 19.6. The predicted octanol–water partition coefficient (Wildman–Crippen LogP) is 9.92. The summed E-state index contributed by atoms with van der Waals surface area (Å²) < 4.78 is 16.1. The molecule has 1 unspecified atom stereocenters. The highest BCUT2D eigenvalue weighted by molar-refractivity contribution is 6.00. The number of anilines is 1. The molecule has 4 amide bonds. The Labute approximate surface area is 492 Å². The van der Waals surface area contributed by atoms with Crippen LogP contribution in [-0.2, 0) is 41.5 Å². The number of likely N-dealkylation sites (tertiary alicyclic amines) is 3. The third-order valence-electron chi connectivity index (χ3n) is 18.2. The van der Waals surface area contributed by atoms with Gasteiger partial charge in [-0.3, -0.25) is 48.4 Å². The average molecular weight is 1140 g/mol. The van der Waals surface area contributed by atoms with Crippen LogP contribution in [0.5, 0.6) is 5.75 Å². The SMILES string of the molecule is COc1ccc(CN2C(=O)CCC(n3c(=O)n(C)c4cc(CN5C[C@@H](C)N(CC6CCN(C(=O)c7ccc(C8CCN([C@@H](C)c9cc%10c(-c%11ccc(NC(=O)OC(C)(C)C)nc%11)ccnc%10n9C)CC8)cc7)CC6)[C@@H](C)C5)ccc43)C2=O)cc1. The van der Waals surface area contributed by atoms with E-state index < -0.39 is 17.7 Å². The van der Waals surface area contributed by atoms with Gasteiger partial charge in [0.15, 0.2) is 0 Å². The number of aromatic nitrogens is 5. The average Bonchev–Trinajstić information content (AvgIpc) is 3.85. The zero-order chi connectivity index (χ0) is 59.1. The van der Waals surface area contributed by atoms with Crippen molar-refractivity contribution in [1.29, 1.82) is 0 Å². The van der Waals surface area contributed by atoms with Crippen molar-refractivity contribution >= 4 is 51.7 Å². The second-order valence-corrected chi connectivity index (χ2v) is 25.0. The number of carbonyl (C=O) groups is 4. The quantitative estimate of drug-likeness (QED) is 0.102. The Morgan fingerprint density at radius 3 is 2.13 bits per heavy atom. The van der Waals surface area contributed by atoms with Crippen molar-refractivity contribution in [2.24, 2.45) is 20.0 Å². The van der Waals surface area contributed by atoms with Gasteiger partial charge in [0.2, 0.25) is 5.91 Å². The van der Waals surface area contributed by atoms with Crippen LogP contribution in [0.4, 0.5) is 10.6 Å². The fraction of sp³-hybridized carbons (Fsp3) is 0.470. The molecule has 4 fully saturated rings. The van der Waals surface area contributed by atoms with E-state index in [0.29, 0.717) is 41.0 Å². The molecule has 0 saturated carbocycles. The van der Waals surface area contributed by atoms with Gasteiger partial charge in [-0.1, -0.05) is 30.3 Å². The minimum Gasteiger partial charge on any atom is -0.497 e. The molecule has 1 N–H and O–H groups in total. The topological polar surface area (TPSA) is 173 Å². The lowest BCUT2D eigenvalue weighted by Gasteiger charge is -2.46. The summed E-state index contributed by atoms with van der Waals surface area (Å²) in [5, 5.41) is 3.78. The van der Waals surface area contributed by atoms with Gasteiger partial charge >= 0.3 is 11.8 Å². The van der Waals surface area contributed by atoms with E-state index in [9.17, 15) is 24.0 Å². The molecule has 7 aromatic rings. The van der Waals surface area contributed by atoms with Gasteiger partial charge in [-0.25, -0.2) is 19.6 Å². The Bertz CT molecular complexity index is 3590. The first kappa shape index (κ1) is 58.1. The standard InChI is InChI=1S/C66H81N11O7/c1-42-37-72(39-47-12-20-55-58(34-47)71(8)65(82)77(55)56-21-23-60(78)76(63(56)80)41-45-10-18-52(83-9)19-11-45)38-43(2)75(42)40-46-25-30-74(31-26-46)62(79)50-15-13-48(14-16-50)49-27-32-73(33-28-49)44(3)57-35-54-53(24-29-67-61(54)70(57)7)51-17-22-59(68-36-51)69-64(81)84-66(4,5)6/h10-20,22,24,29,34-36,42-44,46,49,56H,21,23,25-28,30-33,37-41H2,1-9H3,(H,68,69,81)/t42-,43+,44-,56?/m0/s1. The number of hydrogen-bond acceptors (Lipinski definition) is 12. The number of hydrogen-bond donors (Lipinski definition) is 1. The van der Waals surface area contributed by atoms with Crippen molar-refractivity contribution in [2.45, 2.75) is 129 Å². The van der Waals surface area contributed by atoms with E-state index in [1.807, 2.05) is 86.5 Å². The number of imidazole rings is 1. The van der Waals surface area contributed by atoms with E-state index in [0.717, 1.165) is 122 Å². The van der Waals surface area contributed by atoms with Gasteiger partial charge < -0.3 is 18.9 Å². The first-order chi connectivity index (χ1) is 40.3. The van der Waals surface area contributed by atoms with E-state index in [2.05, 4.69) is 87.7 Å². The van der Waals surface area contributed by atoms with Crippen molar-refractivity contribution in [1.82, 2.24) is 48.2 Å².